The second kappa shape index (κ2) is 5.90. The first-order chi connectivity index (χ1) is 10.4. The molecule has 0 aliphatic heterocycles. The van der Waals surface area contributed by atoms with Gasteiger partial charge in [-0.05, 0) is 29.8 Å². The highest BCUT2D eigenvalue weighted by Crippen LogP contribution is 2.23. The van der Waals surface area contributed by atoms with E-state index in [1.54, 1.807) is 0 Å². The van der Waals surface area contributed by atoms with Gasteiger partial charge in [0.15, 0.2) is 0 Å². The monoisotopic (exact) mass is 276 g/mol. The lowest BCUT2D eigenvalue weighted by molar-refractivity contribution is 0.919. The Balaban J connectivity index is 2.08. The Labute approximate surface area is 121 Å². The van der Waals surface area contributed by atoms with E-state index in [1.807, 2.05) is 54.6 Å². The molecule has 102 valence electrons. The molecular weight excluding hydrogens is 264 g/mol. The van der Waals surface area contributed by atoms with E-state index in [1.165, 1.54) is 0 Å². The topological polar surface area (TPSA) is 86.6 Å². The summed E-state index contributed by atoms with van der Waals surface area (Å²) in [5.41, 5.74) is 10.2. The molecule has 0 bridgehead atoms. The number of rotatable bonds is 4. The minimum absolute atomic E-state index is 0.130. The van der Waals surface area contributed by atoms with Crippen LogP contribution in [-0.4, -0.2) is 9.97 Å². The fourth-order valence-corrected chi connectivity index (χ4v) is 2.04. The summed E-state index contributed by atoms with van der Waals surface area (Å²) >= 11 is 0. The van der Waals surface area contributed by atoms with Crippen LogP contribution in [0, 0.1) is 0 Å². The van der Waals surface area contributed by atoms with Crippen molar-refractivity contribution in [3.8, 4) is 0 Å². The molecule has 1 heterocycles. The Bertz CT molecular complexity index is 809. The molecule has 3 rings (SSSR count). The van der Waals surface area contributed by atoms with Crippen molar-refractivity contribution in [2.24, 2.45) is 5.11 Å². The fourth-order valence-electron chi connectivity index (χ4n) is 2.04. The van der Waals surface area contributed by atoms with E-state index in [0.29, 0.717) is 11.6 Å². The molecule has 0 amide bonds. The van der Waals surface area contributed by atoms with Gasteiger partial charge in [-0.25, -0.2) is 9.97 Å². The first-order valence-electron chi connectivity index (χ1n) is 6.45. The number of azide groups is 1. The van der Waals surface area contributed by atoms with Gasteiger partial charge >= 0.3 is 0 Å². The van der Waals surface area contributed by atoms with Crippen LogP contribution in [0.1, 0.15) is 5.82 Å². The highest BCUT2D eigenvalue weighted by atomic mass is 15.1. The molecule has 6 nitrogen and oxygen atoms in total. The summed E-state index contributed by atoms with van der Waals surface area (Å²) in [5.74, 6) is 1.19. The fraction of sp³-hybridized carbons (Fsp3) is 0.0667. The van der Waals surface area contributed by atoms with Crippen molar-refractivity contribution in [1.82, 2.24) is 9.97 Å². The van der Waals surface area contributed by atoms with E-state index in [-0.39, 0.29) is 6.54 Å². The van der Waals surface area contributed by atoms with Gasteiger partial charge in [-0.2, -0.15) is 0 Å². The van der Waals surface area contributed by atoms with E-state index in [2.05, 4.69) is 25.3 Å². The standard InChI is InChI=1S/C15H12N6/c16-21-17-10-14-19-13-9-5-4-8-12(13)15(20-14)18-11-6-2-1-3-7-11/h1-9H,10H2,(H,18,19,20). The molecule has 1 N–H and O–H groups in total. The third kappa shape index (κ3) is 2.91. The van der Waals surface area contributed by atoms with Gasteiger partial charge in [-0.1, -0.05) is 35.4 Å². The van der Waals surface area contributed by atoms with Crippen molar-refractivity contribution in [3.05, 3.63) is 70.9 Å². The van der Waals surface area contributed by atoms with Crippen LogP contribution in [0.3, 0.4) is 0 Å². The Morgan fingerprint density at radius 1 is 1.00 bits per heavy atom. The number of benzene rings is 2. The molecule has 3 aromatic rings. The van der Waals surface area contributed by atoms with E-state index < -0.39 is 0 Å². The summed E-state index contributed by atoms with van der Waals surface area (Å²) in [6.45, 7) is 0.130. The third-order valence-electron chi connectivity index (χ3n) is 2.96. The highest BCUT2D eigenvalue weighted by molar-refractivity contribution is 5.90. The number of aromatic nitrogens is 2. The van der Waals surface area contributed by atoms with Gasteiger partial charge in [0.05, 0.1) is 12.1 Å². The zero-order chi connectivity index (χ0) is 14.5. The average Bonchev–Trinajstić information content (AvgIpc) is 2.54. The van der Waals surface area contributed by atoms with Crippen LogP contribution < -0.4 is 5.32 Å². The molecule has 0 radical (unpaired) electrons. The highest BCUT2D eigenvalue weighted by Gasteiger charge is 2.07. The maximum atomic E-state index is 8.43. The average molecular weight is 276 g/mol. The van der Waals surface area contributed by atoms with Gasteiger partial charge in [0.1, 0.15) is 11.6 Å². The van der Waals surface area contributed by atoms with Gasteiger partial charge < -0.3 is 5.32 Å². The maximum absolute atomic E-state index is 8.43. The Kier molecular flexibility index (Phi) is 3.62. The molecule has 0 atom stereocenters. The number of nitrogens with one attached hydrogen (secondary N) is 1. The summed E-state index contributed by atoms with van der Waals surface area (Å²) < 4.78 is 0. The third-order valence-corrected chi connectivity index (χ3v) is 2.96. The lowest BCUT2D eigenvalue weighted by Gasteiger charge is -2.10. The molecule has 0 fully saturated rings. The van der Waals surface area contributed by atoms with Gasteiger partial charge in [-0.3, -0.25) is 0 Å². The van der Waals surface area contributed by atoms with Crippen molar-refractivity contribution in [3.63, 3.8) is 0 Å². The smallest absolute Gasteiger partial charge is 0.142 e. The molecule has 0 spiro atoms. The predicted octanol–water partition coefficient (Wildman–Crippen LogP) is 4.18. The van der Waals surface area contributed by atoms with Crippen LogP contribution in [0.4, 0.5) is 11.5 Å². The van der Waals surface area contributed by atoms with Crippen molar-refractivity contribution in [2.75, 3.05) is 5.32 Å². The molecule has 6 heteroatoms. The van der Waals surface area contributed by atoms with Crippen LogP contribution >= 0.6 is 0 Å². The Morgan fingerprint density at radius 2 is 1.76 bits per heavy atom. The minimum Gasteiger partial charge on any atom is -0.340 e. The van der Waals surface area contributed by atoms with Gasteiger partial charge in [0.25, 0.3) is 0 Å². The summed E-state index contributed by atoms with van der Waals surface area (Å²) in [5, 5.41) is 7.72. The number of nitrogens with zero attached hydrogens (tertiary/aromatic N) is 5. The van der Waals surface area contributed by atoms with Gasteiger partial charge in [0, 0.05) is 16.0 Å². The first-order valence-corrected chi connectivity index (χ1v) is 6.45. The number of anilines is 2. The van der Waals surface area contributed by atoms with Crippen LogP contribution in [0.2, 0.25) is 0 Å². The number of para-hydroxylation sites is 2. The van der Waals surface area contributed by atoms with E-state index in [0.717, 1.165) is 16.6 Å². The van der Waals surface area contributed by atoms with E-state index in [9.17, 15) is 0 Å². The zero-order valence-corrected chi connectivity index (χ0v) is 11.1. The molecular formula is C15H12N6. The predicted molar refractivity (Wildman–Crippen MR) is 82.1 cm³/mol. The summed E-state index contributed by atoms with van der Waals surface area (Å²) in [6.07, 6.45) is 0. The molecule has 0 saturated heterocycles. The SMILES string of the molecule is [N-]=[N+]=NCc1nc(Nc2ccccc2)c2ccccc2n1. The van der Waals surface area contributed by atoms with Crippen LogP contribution in [0.15, 0.2) is 59.7 Å². The Morgan fingerprint density at radius 3 is 2.57 bits per heavy atom. The maximum Gasteiger partial charge on any atom is 0.142 e. The first kappa shape index (κ1) is 12.9. The van der Waals surface area contributed by atoms with Crippen LogP contribution in [0.25, 0.3) is 21.3 Å². The zero-order valence-electron chi connectivity index (χ0n) is 11.1. The number of hydrogen-bond acceptors (Lipinski definition) is 4. The van der Waals surface area contributed by atoms with Crippen LogP contribution in [0.5, 0.6) is 0 Å². The second-order valence-electron chi connectivity index (χ2n) is 4.39. The van der Waals surface area contributed by atoms with Crippen molar-refractivity contribution >= 4 is 22.4 Å². The lowest BCUT2D eigenvalue weighted by atomic mass is 10.2. The largest absolute Gasteiger partial charge is 0.340 e. The molecule has 0 aliphatic carbocycles. The molecule has 2 aromatic carbocycles. The molecule has 21 heavy (non-hydrogen) atoms. The quantitative estimate of drug-likeness (QED) is 0.440. The molecule has 0 unspecified atom stereocenters. The summed E-state index contributed by atoms with van der Waals surface area (Å²) in [7, 11) is 0. The van der Waals surface area contributed by atoms with Crippen molar-refractivity contribution in [1.29, 1.82) is 0 Å². The van der Waals surface area contributed by atoms with Crippen molar-refractivity contribution < 1.29 is 0 Å². The van der Waals surface area contributed by atoms with E-state index in [4.69, 9.17) is 5.53 Å². The Hall–Kier alpha value is -3.11. The normalized spacial score (nSPS) is 10.1. The van der Waals surface area contributed by atoms with Gasteiger partial charge in [-0.15, -0.1) is 0 Å². The lowest BCUT2D eigenvalue weighted by Crippen LogP contribution is -2.01. The summed E-state index contributed by atoms with van der Waals surface area (Å²) in [4.78, 5) is 11.6. The van der Waals surface area contributed by atoms with Crippen LogP contribution in [-0.2, 0) is 6.54 Å². The number of hydrogen-bond donors (Lipinski definition) is 1. The minimum atomic E-state index is 0.130. The van der Waals surface area contributed by atoms with E-state index >= 15 is 0 Å². The number of fused-ring (bicyclic) bond motifs is 1. The van der Waals surface area contributed by atoms with Gasteiger partial charge in [0.2, 0.25) is 0 Å². The molecule has 0 saturated carbocycles. The molecule has 0 aliphatic rings. The molecule has 1 aromatic heterocycles. The summed E-state index contributed by atoms with van der Waals surface area (Å²) in [6, 6.07) is 17.5. The second-order valence-corrected chi connectivity index (χ2v) is 4.39. The van der Waals surface area contributed by atoms with Crippen molar-refractivity contribution in [2.45, 2.75) is 6.54 Å².